The quantitative estimate of drug-likeness (QED) is 0.418. The molecule has 0 aliphatic rings. The molecule has 2 aromatic carbocycles. The minimum absolute atomic E-state index is 0.00549. The van der Waals surface area contributed by atoms with Crippen molar-refractivity contribution in [1.82, 2.24) is 5.32 Å². The molecule has 0 aliphatic carbocycles. The van der Waals surface area contributed by atoms with E-state index in [1.807, 2.05) is 24.3 Å². The van der Waals surface area contributed by atoms with Crippen molar-refractivity contribution in [1.29, 1.82) is 0 Å². The first-order valence-corrected chi connectivity index (χ1v) is 8.39. The Morgan fingerprint density at radius 2 is 1.88 bits per heavy atom. The molecule has 1 amide bonds. The number of amides is 1. The van der Waals surface area contributed by atoms with Crippen molar-refractivity contribution in [2.45, 2.75) is 26.2 Å². The third kappa shape index (κ3) is 6.67. The summed E-state index contributed by atoms with van der Waals surface area (Å²) >= 11 is 0. The van der Waals surface area contributed by atoms with Crippen LogP contribution in [0.5, 0.6) is 5.75 Å². The van der Waals surface area contributed by atoms with Crippen LogP contribution in [0.1, 0.15) is 35.7 Å². The van der Waals surface area contributed by atoms with Gasteiger partial charge < -0.3 is 15.8 Å². The molecule has 0 fully saturated rings. The van der Waals surface area contributed by atoms with Crippen LogP contribution < -0.4 is 15.8 Å². The molecule has 0 aromatic heterocycles. The number of nitrogens with one attached hydrogen (secondary N) is 1. The predicted octanol–water partition coefficient (Wildman–Crippen LogP) is 2.99. The Labute approximate surface area is 148 Å². The lowest BCUT2D eigenvalue weighted by atomic mass is 10.1. The van der Waals surface area contributed by atoms with Crippen molar-refractivity contribution in [3.05, 3.63) is 59.7 Å². The molecule has 0 spiro atoms. The summed E-state index contributed by atoms with van der Waals surface area (Å²) in [6.45, 7) is 2.56. The van der Waals surface area contributed by atoms with Crippen LogP contribution in [0.15, 0.2) is 48.5 Å². The zero-order chi connectivity index (χ0) is 18.1. The second-order valence-electron chi connectivity index (χ2n) is 5.88. The molecule has 0 bridgehead atoms. The molecule has 0 heterocycles. The van der Waals surface area contributed by atoms with E-state index in [0.717, 1.165) is 17.7 Å². The van der Waals surface area contributed by atoms with E-state index in [1.54, 1.807) is 24.3 Å². The summed E-state index contributed by atoms with van der Waals surface area (Å²) in [6, 6.07) is 14.7. The number of rotatable bonds is 9. The van der Waals surface area contributed by atoms with Gasteiger partial charge in [-0.25, -0.2) is 0 Å². The molecule has 25 heavy (non-hydrogen) atoms. The number of carbonyl (C=O) groups excluding carboxylic acids is 2. The number of nitrogen functional groups attached to an aromatic ring is 1. The van der Waals surface area contributed by atoms with Gasteiger partial charge in [0.25, 0.3) is 0 Å². The average Bonchev–Trinajstić information content (AvgIpc) is 2.61. The fourth-order valence-corrected chi connectivity index (χ4v) is 2.35. The Kier molecular flexibility index (Phi) is 7.01. The molecule has 0 unspecified atom stereocenters. The largest absolute Gasteiger partial charge is 0.494 e. The maximum Gasteiger partial charge on any atom is 0.220 e. The van der Waals surface area contributed by atoms with Crippen LogP contribution >= 0.6 is 0 Å². The summed E-state index contributed by atoms with van der Waals surface area (Å²) in [5.74, 6) is 0.666. The summed E-state index contributed by atoms with van der Waals surface area (Å²) in [6.07, 6.45) is 1.81. The zero-order valence-electron chi connectivity index (χ0n) is 14.5. The number of ether oxygens (including phenoxy) is 1. The van der Waals surface area contributed by atoms with Crippen molar-refractivity contribution in [2.24, 2.45) is 0 Å². The molecule has 0 saturated carbocycles. The molecule has 2 rings (SSSR count). The second-order valence-corrected chi connectivity index (χ2v) is 5.88. The van der Waals surface area contributed by atoms with Crippen LogP contribution in [0.25, 0.3) is 0 Å². The highest BCUT2D eigenvalue weighted by atomic mass is 16.5. The zero-order valence-corrected chi connectivity index (χ0v) is 14.5. The van der Waals surface area contributed by atoms with E-state index in [0.29, 0.717) is 37.3 Å². The van der Waals surface area contributed by atoms with Crippen LogP contribution in [0.4, 0.5) is 5.69 Å². The Morgan fingerprint density at radius 3 is 2.60 bits per heavy atom. The lowest BCUT2D eigenvalue weighted by molar-refractivity contribution is -0.121. The number of hydrogen-bond acceptors (Lipinski definition) is 4. The van der Waals surface area contributed by atoms with Gasteiger partial charge in [-0.3, -0.25) is 9.59 Å². The van der Waals surface area contributed by atoms with Crippen molar-refractivity contribution >= 4 is 17.4 Å². The lowest BCUT2D eigenvalue weighted by Gasteiger charge is -2.08. The Morgan fingerprint density at radius 1 is 1.12 bits per heavy atom. The summed E-state index contributed by atoms with van der Waals surface area (Å²) in [5, 5.41) is 2.90. The maximum absolute atomic E-state index is 11.8. The van der Waals surface area contributed by atoms with Gasteiger partial charge in [0.15, 0.2) is 5.78 Å². The molecule has 132 valence electrons. The van der Waals surface area contributed by atoms with Gasteiger partial charge in [0, 0.05) is 24.2 Å². The first-order chi connectivity index (χ1) is 12.0. The molecule has 0 aliphatic heterocycles. The highest BCUT2D eigenvalue weighted by Crippen LogP contribution is 2.14. The third-order valence-electron chi connectivity index (χ3n) is 3.77. The fourth-order valence-electron chi connectivity index (χ4n) is 2.35. The number of ketones is 1. The number of hydrogen-bond donors (Lipinski definition) is 2. The molecular formula is C20H24N2O3. The molecule has 2 aromatic rings. The minimum atomic E-state index is 0.00549. The van der Waals surface area contributed by atoms with Crippen LogP contribution in [-0.4, -0.2) is 24.8 Å². The molecule has 5 nitrogen and oxygen atoms in total. The van der Waals surface area contributed by atoms with Crippen LogP contribution in [0.2, 0.25) is 0 Å². The van der Waals surface area contributed by atoms with Crippen molar-refractivity contribution < 1.29 is 14.3 Å². The highest BCUT2D eigenvalue weighted by Gasteiger charge is 2.03. The Balaban J connectivity index is 1.61. The normalized spacial score (nSPS) is 10.3. The summed E-state index contributed by atoms with van der Waals surface area (Å²) in [5.41, 5.74) is 8.14. The average molecular weight is 340 g/mol. The van der Waals surface area contributed by atoms with E-state index in [2.05, 4.69) is 5.32 Å². The van der Waals surface area contributed by atoms with Gasteiger partial charge in [-0.1, -0.05) is 24.3 Å². The van der Waals surface area contributed by atoms with Gasteiger partial charge in [-0.05, 0) is 49.6 Å². The van der Waals surface area contributed by atoms with E-state index in [9.17, 15) is 9.59 Å². The second kappa shape index (κ2) is 9.47. The van der Waals surface area contributed by atoms with Gasteiger partial charge in [-0.15, -0.1) is 0 Å². The number of nitrogens with two attached hydrogens (primary N) is 1. The maximum atomic E-state index is 11.8. The first-order valence-electron chi connectivity index (χ1n) is 8.39. The van der Waals surface area contributed by atoms with Gasteiger partial charge in [0.1, 0.15) is 5.75 Å². The van der Waals surface area contributed by atoms with Gasteiger partial charge in [-0.2, -0.15) is 0 Å². The van der Waals surface area contributed by atoms with Gasteiger partial charge >= 0.3 is 0 Å². The topological polar surface area (TPSA) is 81.4 Å². The number of Topliss-reactive ketones (excluding diaryl/α,β-unsaturated/α-hetero) is 1. The van der Waals surface area contributed by atoms with E-state index in [4.69, 9.17) is 10.5 Å². The molecule has 0 atom stereocenters. The highest BCUT2D eigenvalue weighted by molar-refractivity contribution is 5.94. The van der Waals surface area contributed by atoms with Crippen molar-refractivity contribution in [3.8, 4) is 5.75 Å². The molecule has 5 heteroatoms. The standard InChI is InChI=1S/C20H24N2O3/c1-15(23)17-4-2-5-19(14-17)25-13-3-6-20(24)22-12-11-16-7-9-18(21)10-8-16/h2,4-5,7-10,14H,3,6,11-13,21H2,1H3,(H,22,24). The number of anilines is 1. The molecule has 0 saturated heterocycles. The SMILES string of the molecule is CC(=O)c1cccc(OCCCC(=O)NCCc2ccc(N)cc2)c1. The van der Waals surface area contributed by atoms with Crippen LogP contribution in [0.3, 0.4) is 0 Å². The third-order valence-corrected chi connectivity index (χ3v) is 3.77. The Bertz CT molecular complexity index is 711. The van der Waals surface area contributed by atoms with E-state index in [-0.39, 0.29) is 11.7 Å². The van der Waals surface area contributed by atoms with Crippen LogP contribution in [-0.2, 0) is 11.2 Å². The lowest BCUT2D eigenvalue weighted by Crippen LogP contribution is -2.25. The van der Waals surface area contributed by atoms with E-state index < -0.39 is 0 Å². The smallest absolute Gasteiger partial charge is 0.220 e. The predicted molar refractivity (Wildman–Crippen MR) is 98.7 cm³/mol. The first kappa shape index (κ1) is 18.5. The molecular weight excluding hydrogens is 316 g/mol. The van der Waals surface area contributed by atoms with Crippen molar-refractivity contribution in [3.63, 3.8) is 0 Å². The van der Waals surface area contributed by atoms with E-state index in [1.165, 1.54) is 6.92 Å². The van der Waals surface area contributed by atoms with Crippen molar-refractivity contribution in [2.75, 3.05) is 18.9 Å². The summed E-state index contributed by atoms with van der Waals surface area (Å²) in [4.78, 5) is 23.1. The molecule has 3 N–H and O–H groups in total. The van der Waals surface area contributed by atoms with Crippen LogP contribution in [0, 0.1) is 0 Å². The molecule has 0 radical (unpaired) electrons. The summed E-state index contributed by atoms with van der Waals surface area (Å²) in [7, 11) is 0. The number of carbonyl (C=O) groups is 2. The Hall–Kier alpha value is -2.82. The monoisotopic (exact) mass is 340 g/mol. The van der Waals surface area contributed by atoms with Gasteiger partial charge in [0.05, 0.1) is 6.61 Å². The minimum Gasteiger partial charge on any atom is -0.494 e. The number of benzene rings is 2. The van der Waals surface area contributed by atoms with Gasteiger partial charge in [0.2, 0.25) is 5.91 Å². The fraction of sp³-hybridized carbons (Fsp3) is 0.300. The van der Waals surface area contributed by atoms with E-state index >= 15 is 0 Å². The summed E-state index contributed by atoms with van der Waals surface area (Å²) < 4.78 is 5.59.